The summed E-state index contributed by atoms with van der Waals surface area (Å²) in [6, 6.07) is 13.7. The third-order valence-corrected chi connectivity index (χ3v) is 2.79. The first-order valence-electron chi connectivity index (χ1n) is 5.91. The largest absolute Gasteiger partial charge is 0.493 e. The maximum absolute atomic E-state index is 9.07. The Kier molecular flexibility index (Phi) is 3.64. The predicted molar refractivity (Wildman–Crippen MR) is 73.6 cm³/mol. The molecule has 0 heterocycles. The zero-order valence-electron chi connectivity index (χ0n) is 10.4. The second-order valence-corrected chi connectivity index (χ2v) is 4.32. The lowest BCUT2D eigenvalue weighted by Gasteiger charge is -2.10. The van der Waals surface area contributed by atoms with E-state index in [9.17, 15) is 0 Å². The van der Waals surface area contributed by atoms with Gasteiger partial charge in [-0.2, -0.15) is 5.26 Å². The molecular formula is C16H15NO. The van der Waals surface area contributed by atoms with Crippen LogP contribution in [-0.2, 0) is 0 Å². The Morgan fingerprint density at radius 3 is 2.61 bits per heavy atom. The Hall–Kier alpha value is -2.27. The van der Waals surface area contributed by atoms with E-state index in [2.05, 4.69) is 12.6 Å². The van der Waals surface area contributed by atoms with Gasteiger partial charge in [-0.25, -0.2) is 0 Å². The fourth-order valence-corrected chi connectivity index (χ4v) is 1.83. The fourth-order valence-electron chi connectivity index (χ4n) is 1.83. The number of nitriles is 1. The van der Waals surface area contributed by atoms with Crippen molar-refractivity contribution in [2.75, 3.05) is 6.61 Å². The molecule has 18 heavy (non-hydrogen) atoms. The summed E-state index contributed by atoms with van der Waals surface area (Å²) >= 11 is 0. The highest BCUT2D eigenvalue weighted by Gasteiger charge is 2.05. The summed E-state index contributed by atoms with van der Waals surface area (Å²) in [7, 11) is 0. The minimum atomic E-state index is 0.616. The molecule has 2 heteroatoms. The Labute approximate surface area is 107 Å². The minimum absolute atomic E-state index is 0.616. The topological polar surface area (TPSA) is 33.0 Å². The number of hydrogen-bond acceptors (Lipinski definition) is 2. The fraction of sp³-hybridized carbons (Fsp3) is 0.188. The summed E-state index contributed by atoms with van der Waals surface area (Å²) in [4.78, 5) is 0. The first-order valence-corrected chi connectivity index (χ1v) is 5.91. The van der Waals surface area contributed by atoms with Crippen LogP contribution >= 0.6 is 0 Å². The summed E-state index contributed by atoms with van der Waals surface area (Å²) in [5.41, 5.74) is 1.78. The molecule has 2 aromatic carbocycles. The SMILES string of the molecule is C=C(C)CCOc1ccc(C#N)c2ccccc12. The van der Waals surface area contributed by atoms with E-state index in [0.717, 1.165) is 28.5 Å². The van der Waals surface area contributed by atoms with Crippen LogP contribution in [0.25, 0.3) is 10.8 Å². The van der Waals surface area contributed by atoms with Gasteiger partial charge in [-0.3, -0.25) is 0 Å². The predicted octanol–water partition coefficient (Wildman–Crippen LogP) is 4.06. The lowest BCUT2D eigenvalue weighted by molar-refractivity contribution is 0.325. The van der Waals surface area contributed by atoms with Crippen LogP contribution in [0.5, 0.6) is 5.75 Å². The van der Waals surface area contributed by atoms with Crippen LogP contribution in [0.3, 0.4) is 0 Å². The van der Waals surface area contributed by atoms with Crippen LogP contribution in [-0.4, -0.2) is 6.61 Å². The molecule has 2 nitrogen and oxygen atoms in total. The van der Waals surface area contributed by atoms with E-state index in [1.165, 1.54) is 0 Å². The van der Waals surface area contributed by atoms with Crippen molar-refractivity contribution in [2.24, 2.45) is 0 Å². The lowest BCUT2D eigenvalue weighted by atomic mass is 10.0. The van der Waals surface area contributed by atoms with Gasteiger partial charge in [0.15, 0.2) is 0 Å². The third-order valence-electron chi connectivity index (χ3n) is 2.79. The Balaban J connectivity index is 2.35. The number of rotatable bonds is 4. The average molecular weight is 237 g/mol. The molecule has 0 amide bonds. The van der Waals surface area contributed by atoms with Gasteiger partial charge < -0.3 is 4.74 Å². The van der Waals surface area contributed by atoms with E-state index in [1.807, 2.05) is 37.3 Å². The number of fused-ring (bicyclic) bond motifs is 1. The van der Waals surface area contributed by atoms with E-state index < -0.39 is 0 Å². The average Bonchev–Trinajstić information content (AvgIpc) is 2.38. The quantitative estimate of drug-likeness (QED) is 0.751. The highest BCUT2D eigenvalue weighted by atomic mass is 16.5. The van der Waals surface area contributed by atoms with Crippen LogP contribution in [0.15, 0.2) is 48.6 Å². The van der Waals surface area contributed by atoms with Crippen molar-refractivity contribution < 1.29 is 4.74 Å². The third kappa shape index (κ3) is 2.52. The van der Waals surface area contributed by atoms with Gasteiger partial charge in [0.25, 0.3) is 0 Å². The van der Waals surface area contributed by atoms with E-state index in [-0.39, 0.29) is 0 Å². The zero-order chi connectivity index (χ0) is 13.0. The van der Waals surface area contributed by atoms with Gasteiger partial charge in [0, 0.05) is 17.2 Å². The maximum Gasteiger partial charge on any atom is 0.127 e. The zero-order valence-corrected chi connectivity index (χ0v) is 10.4. The molecule has 0 aliphatic rings. The van der Waals surface area contributed by atoms with Crippen LogP contribution in [0.1, 0.15) is 18.9 Å². The second-order valence-electron chi connectivity index (χ2n) is 4.32. The molecule has 0 bridgehead atoms. The molecule has 0 N–H and O–H groups in total. The van der Waals surface area contributed by atoms with Gasteiger partial charge in [0.1, 0.15) is 5.75 Å². The normalized spacial score (nSPS) is 10.0. The van der Waals surface area contributed by atoms with Crippen molar-refractivity contribution in [3.8, 4) is 11.8 Å². The molecule has 0 unspecified atom stereocenters. The summed E-state index contributed by atoms with van der Waals surface area (Å²) in [5.74, 6) is 0.825. The molecule has 0 saturated heterocycles. The Morgan fingerprint density at radius 2 is 1.94 bits per heavy atom. The molecule has 90 valence electrons. The van der Waals surface area contributed by atoms with Gasteiger partial charge >= 0.3 is 0 Å². The van der Waals surface area contributed by atoms with Crippen molar-refractivity contribution in [3.63, 3.8) is 0 Å². The molecule has 0 radical (unpaired) electrons. The number of hydrogen-bond donors (Lipinski definition) is 0. The minimum Gasteiger partial charge on any atom is -0.493 e. The molecule has 2 aromatic rings. The first kappa shape index (κ1) is 12.2. The maximum atomic E-state index is 9.07. The highest BCUT2D eigenvalue weighted by molar-refractivity contribution is 5.92. The van der Waals surface area contributed by atoms with E-state index in [4.69, 9.17) is 10.00 Å². The first-order chi connectivity index (χ1) is 8.72. The van der Waals surface area contributed by atoms with Crippen LogP contribution in [0.4, 0.5) is 0 Å². The van der Waals surface area contributed by atoms with Crippen molar-refractivity contribution in [1.29, 1.82) is 5.26 Å². The van der Waals surface area contributed by atoms with Crippen LogP contribution < -0.4 is 4.74 Å². The second kappa shape index (κ2) is 5.37. The highest BCUT2D eigenvalue weighted by Crippen LogP contribution is 2.28. The summed E-state index contributed by atoms with van der Waals surface area (Å²) in [6.45, 7) is 6.46. The standard InChI is InChI=1S/C16H15NO/c1-12(2)9-10-18-16-8-7-13(11-17)14-5-3-4-6-15(14)16/h3-8H,1,9-10H2,2H3. The molecule has 0 aromatic heterocycles. The van der Waals surface area contributed by atoms with E-state index in [0.29, 0.717) is 12.2 Å². The van der Waals surface area contributed by atoms with Gasteiger partial charge in [0.05, 0.1) is 18.2 Å². The van der Waals surface area contributed by atoms with Crippen molar-refractivity contribution in [3.05, 3.63) is 54.1 Å². The van der Waals surface area contributed by atoms with Gasteiger partial charge in [-0.05, 0) is 19.1 Å². The van der Waals surface area contributed by atoms with Crippen LogP contribution in [0.2, 0.25) is 0 Å². The summed E-state index contributed by atoms with van der Waals surface area (Å²) in [5, 5.41) is 11.0. The van der Waals surface area contributed by atoms with Gasteiger partial charge in [0.2, 0.25) is 0 Å². The summed E-state index contributed by atoms with van der Waals surface area (Å²) < 4.78 is 5.76. The molecule has 0 aliphatic carbocycles. The number of benzene rings is 2. The lowest BCUT2D eigenvalue weighted by Crippen LogP contribution is -1.98. The van der Waals surface area contributed by atoms with E-state index >= 15 is 0 Å². The number of nitrogens with zero attached hydrogens (tertiary/aromatic N) is 1. The van der Waals surface area contributed by atoms with Gasteiger partial charge in [-0.15, -0.1) is 6.58 Å². The Morgan fingerprint density at radius 1 is 1.22 bits per heavy atom. The van der Waals surface area contributed by atoms with Crippen molar-refractivity contribution in [1.82, 2.24) is 0 Å². The molecule has 0 atom stereocenters. The van der Waals surface area contributed by atoms with Gasteiger partial charge in [-0.1, -0.05) is 29.8 Å². The summed E-state index contributed by atoms with van der Waals surface area (Å²) in [6.07, 6.45) is 0.842. The Bertz CT molecular complexity index is 623. The van der Waals surface area contributed by atoms with E-state index in [1.54, 1.807) is 6.07 Å². The van der Waals surface area contributed by atoms with Crippen molar-refractivity contribution >= 4 is 10.8 Å². The number of ether oxygens (including phenoxy) is 1. The molecule has 0 spiro atoms. The monoisotopic (exact) mass is 237 g/mol. The molecular weight excluding hydrogens is 222 g/mol. The molecule has 2 rings (SSSR count). The van der Waals surface area contributed by atoms with Crippen molar-refractivity contribution in [2.45, 2.75) is 13.3 Å². The molecule has 0 aliphatic heterocycles. The molecule has 0 fully saturated rings. The van der Waals surface area contributed by atoms with Crippen LogP contribution in [0, 0.1) is 11.3 Å². The smallest absolute Gasteiger partial charge is 0.127 e. The molecule has 0 saturated carbocycles.